The van der Waals surface area contributed by atoms with E-state index in [4.69, 9.17) is 5.26 Å². The summed E-state index contributed by atoms with van der Waals surface area (Å²) < 4.78 is 0. The predicted molar refractivity (Wildman–Crippen MR) is 74.4 cm³/mol. The van der Waals surface area contributed by atoms with Crippen molar-refractivity contribution in [3.05, 3.63) is 33.9 Å². The maximum atomic E-state index is 11.6. The van der Waals surface area contributed by atoms with Crippen LogP contribution in [-0.2, 0) is 4.79 Å². The number of benzene rings is 1. The fourth-order valence-electron chi connectivity index (χ4n) is 1.68. The summed E-state index contributed by atoms with van der Waals surface area (Å²) in [6.45, 7) is 3.83. The van der Waals surface area contributed by atoms with Crippen molar-refractivity contribution in [1.82, 2.24) is 5.32 Å². The molecular formula is C13H16N4O3. The minimum absolute atomic E-state index is 0.0244. The molecule has 0 saturated carbocycles. The number of amides is 1. The Labute approximate surface area is 117 Å². The van der Waals surface area contributed by atoms with Crippen molar-refractivity contribution in [2.24, 2.45) is 0 Å². The highest BCUT2D eigenvalue weighted by molar-refractivity contribution is 5.81. The van der Waals surface area contributed by atoms with Crippen LogP contribution >= 0.6 is 0 Å². The molecule has 7 heteroatoms. The van der Waals surface area contributed by atoms with Gasteiger partial charge in [-0.2, -0.15) is 5.26 Å². The third kappa shape index (κ3) is 3.95. The molecule has 0 aromatic heterocycles. The molecule has 1 amide bonds. The Morgan fingerprint density at radius 1 is 1.55 bits per heavy atom. The fraction of sp³-hybridized carbons (Fsp3) is 0.385. The Kier molecular flexibility index (Phi) is 5.03. The molecule has 0 heterocycles. The molecule has 20 heavy (non-hydrogen) atoms. The van der Waals surface area contributed by atoms with Gasteiger partial charge in [0.05, 0.1) is 11.5 Å². The molecular weight excluding hydrogens is 260 g/mol. The third-order valence-electron chi connectivity index (χ3n) is 2.57. The molecule has 1 rings (SSSR count). The molecule has 1 aromatic carbocycles. The summed E-state index contributed by atoms with van der Waals surface area (Å²) in [6, 6.07) is 6.02. The van der Waals surface area contributed by atoms with E-state index in [2.05, 4.69) is 5.32 Å². The van der Waals surface area contributed by atoms with Gasteiger partial charge >= 0.3 is 0 Å². The number of nitro groups is 1. The van der Waals surface area contributed by atoms with Crippen LogP contribution < -0.4 is 10.2 Å². The monoisotopic (exact) mass is 276 g/mol. The quantitative estimate of drug-likeness (QED) is 0.647. The summed E-state index contributed by atoms with van der Waals surface area (Å²) >= 11 is 0. The average Bonchev–Trinajstić information content (AvgIpc) is 2.36. The normalized spacial score (nSPS) is 9.95. The highest BCUT2D eigenvalue weighted by Crippen LogP contribution is 2.23. The zero-order valence-electron chi connectivity index (χ0n) is 11.6. The van der Waals surface area contributed by atoms with Gasteiger partial charge in [0.1, 0.15) is 11.6 Å². The SMILES string of the molecule is CC(C)NC(=O)CN(C)c1ccc([N+](=O)[O-])c(C#N)c1. The lowest BCUT2D eigenvalue weighted by molar-refractivity contribution is -0.385. The van der Waals surface area contributed by atoms with E-state index in [1.165, 1.54) is 18.2 Å². The molecule has 0 spiro atoms. The van der Waals surface area contributed by atoms with Crippen LogP contribution in [-0.4, -0.2) is 30.5 Å². The van der Waals surface area contributed by atoms with Gasteiger partial charge in [0.25, 0.3) is 5.69 Å². The van der Waals surface area contributed by atoms with Crippen LogP contribution in [0.25, 0.3) is 0 Å². The number of hydrogen-bond acceptors (Lipinski definition) is 5. The van der Waals surface area contributed by atoms with Crippen LogP contribution in [0.3, 0.4) is 0 Å². The van der Waals surface area contributed by atoms with Gasteiger partial charge in [-0.15, -0.1) is 0 Å². The number of nitrogens with one attached hydrogen (secondary N) is 1. The summed E-state index contributed by atoms with van der Waals surface area (Å²) in [6.07, 6.45) is 0. The molecule has 0 bridgehead atoms. The number of nitro benzene ring substituents is 1. The zero-order chi connectivity index (χ0) is 15.3. The Morgan fingerprint density at radius 2 is 2.20 bits per heavy atom. The first-order valence-corrected chi connectivity index (χ1v) is 6.04. The highest BCUT2D eigenvalue weighted by Gasteiger charge is 2.16. The topological polar surface area (TPSA) is 99.3 Å². The maximum absolute atomic E-state index is 11.6. The number of carbonyl (C=O) groups is 1. The van der Waals surface area contributed by atoms with Crippen LogP contribution in [0.2, 0.25) is 0 Å². The van der Waals surface area contributed by atoms with E-state index in [-0.39, 0.29) is 29.7 Å². The van der Waals surface area contributed by atoms with E-state index in [1.54, 1.807) is 18.0 Å². The second kappa shape index (κ2) is 6.52. The summed E-state index contributed by atoms with van der Waals surface area (Å²) in [5, 5.41) is 22.4. The first-order valence-electron chi connectivity index (χ1n) is 6.04. The molecule has 0 fully saturated rings. The van der Waals surface area contributed by atoms with Gasteiger partial charge in [0.15, 0.2) is 0 Å². The lowest BCUT2D eigenvalue weighted by Gasteiger charge is -2.19. The predicted octanol–water partition coefficient (Wildman–Crippen LogP) is 1.43. The van der Waals surface area contributed by atoms with Crippen molar-refractivity contribution in [3.8, 4) is 6.07 Å². The van der Waals surface area contributed by atoms with Crippen LogP contribution in [0.5, 0.6) is 0 Å². The second-order valence-electron chi connectivity index (χ2n) is 4.65. The van der Waals surface area contributed by atoms with Gasteiger partial charge in [0, 0.05) is 24.8 Å². The van der Waals surface area contributed by atoms with E-state index in [1.807, 2.05) is 13.8 Å². The summed E-state index contributed by atoms with van der Waals surface area (Å²) in [5.41, 5.74) is 0.311. The van der Waals surface area contributed by atoms with Gasteiger partial charge in [-0.05, 0) is 26.0 Å². The van der Waals surface area contributed by atoms with Crippen molar-refractivity contribution in [1.29, 1.82) is 5.26 Å². The minimum atomic E-state index is -0.603. The van der Waals surface area contributed by atoms with Gasteiger partial charge in [0.2, 0.25) is 5.91 Å². The zero-order valence-corrected chi connectivity index (χ0v) is 11.6. The number of carbonyl (C=O) groups excluding carboxylic acids is 1. The molecule has 0 saturated heterocycles. The van der Waals surface area contributed by atoms with Crippen LogP contribution in [0.1, 0.15) is 19.4 Å². The van der Waals surface area contributed by atoms with Crippen LogP contribution in [0.4, 0.5) is 11.4 Å². The molecule has 0 aliphatic heterocycles. The van der Waals surface area contributed by atoms with Gasteiger partial charge in [-0.3, -0.25) is 14.9 Å². The molecule has 0 aliphatic carbocycles. The number of anilines is 1. The molecule has 7 nitrogen and oxygen atoms in total. The maximum Gasteiger partial charge on any atom is 0.287 e. The fourth-order valence-corrected chi connectivity index (χ4v) is 1.68. The number of hydrogen-bond donors (Lipinski definition) is 1. The van der Waals surface area contributed by atoms with Crippen molar-refractivity contribution >= 4 is 17.3 Å². The Hall–Kier alpha value is -2.62. The number of nitriles is 1. The van der Waals surface area contributed by atoms with E-state index >= 15 is 0 Å². The Morgan fingerprint density at radius 3 is 2.70 bits per heavy atom. The number of likely N-dealkylation sites (N-methyl/N-ethyl adjacent to an activating group) is 1. The first kappa shape index (κ1) is 15.4. The summed E-state index contributed by atoms with van der Waals surface area (Å²) in [7, 11) is 1.68. The molecule has 1 aromatic rings. The largest absolute Gasteiger partial charge is 0.365 e. The van der Waals surface area contributed by atoms with Crippen LogP contribution in [0.15, 0.2) is 18.2 Å². The van der Waals surface area contributed by atoms with Gasteiger partial charge in [-0.1, -0.05) is 0 Å². The standard InChI is InChI=1S/C13H16N4O3/c1-9(2)15-13(18)8-16(3)11-4-5-12(17(19)20)10(6-11)7-14/h4-6,9H,8H2,1-3H3,(H,15,18). The Balaban J connectivity index is 2.90. The van der Waals surface area contributed by atoms with Crippen molar-refractivity contribution in [3.63, 3.8) is 0 Å². The second-order valence-corrected chi connectivity index (χ2v) is 4.65. The van der Waals surface area contributed by atoms with E-state index in [0.29, 0.717) is 5.69 Å². The third-order valence-corrected chi connectivity index (χ3v) is 2.57. The molecule has 0 radical (unpaired) electrons. The highest BCUT2D eigenvalue weighted by atomic mass is 16.6. The van der Waals surface area contributed by atoms with E-state index in [0.717, 1.165) is 0 Å². The van der Waals surface area contributed by atoms with Crippen molar-refractivity contribution < 1.29 is 9.72 Å². The Bertz CT molecular complexity index is 563. The van der Waals surface area contributed by atoms with Crippen molar-refractivity contribution in [2.75, 3.05) is 18.5 Å². The van der Waals surface area contributed by atoms with Crippen LogP contribution in [0, 0.1) is 21.4 Å². The van der Waals surface area contributed by atoms with Gasteiger partial charge in [-0.25, -0.2) is 0 Å². The molecule has 0 atom stereocenters. The van der Waals surface area contributed by atoms with E-state index < -0.39 is 4.92 Å². The van der Waals surface area contributed by atoms with Crippen molar-refractivity contribution in [2.45, 2.75) is 19.9 Å². The molecule has 1 N–H and O–H groups in total. The molecule has 0 unspecified atom stereocenters. The van der Waals surface area contributed by atoms with E-state index in [9.17, 15) is 14.9 Å². The lowest BCUT2D eigenvalue weighted by Crippen LogP contribution is -2.38. The summed E-state index contributed by atoms with van der Waals surface area (Å²) in [5.74, 6) is -0.153. The summed E-state index contributed by atoms with van der Waals surface area (Å²) in [4.78, 5) is 23.4. The number of rotatable bonds is 5. The molecule has 0 aliphatic rings. The average molecular weight is 276 g/mol. The number of nitrogens with zero attached hydrogens (tertiary/aromatic N) is 3. The minimum Gasteiger partial charge on any atom is -0.365 e. The first-order chi connectivity index (χ1) is 9.35. The van der Waals surface area contributed by atoms with Gasteiger partial charge < -0.3 is 10.2 Å². The molecule has 106 valence electrons. The lowest BCUT2D eigenvalue weighted by atomic mass is 10.1. The smallest absolute Gasteiger partial charge is 0.287 e.